The molecule has 1 atom stereocenters. The minimum absolute atomic E-state index is 0.0105. The molecule has 20 heavy (non-hydrogen) atoms. The molecule has 1 unspecified atom stereocenters. The second kappa shape index (κ2) is 9.20. The maximum atomic E-state index is 11.5. The lowest BCUT2D eigenvalue weighted by Gasteiger charge is -2.11. The lowest BCUT2D eigenvalue weighted by Crippen LogP contribution is -2.39. The van der Waals surface area contributed by atoms with Crippen molar-refractivity contribution in [2.75, 3.05) is 26.8 Å². The molecule has 2 N–H and O–H groups in total. The number of amides is 1. The molecule has 5 nitrogen and oxygen atoms in total. The summed E-state index contributed by atoms with van der Waals surface area (Å²) in [5, 5.41) is 5.94. The van der Waals surface area contributed by atoms with E-state index in [1.54, 1.807) is 7.11 Å². The Morgan fingerprint density at radius 2 is 1.90 bits per heavy atom. The van der Waals surface area contributed by atoms with E-state index in [-0.39, 0.29) is 5.91 Å². The van der Waals surface area contributed by atoms with Crippen LogP contribution in [0, 0.1) is 0 Å². The van der Waals surface area contributed by atoms with Gasteiger partial charge in [0.25, 0.3) is 0 Å². The van der Waals surface area contributed by atoms with E-state index < -0.39 is 0 Å². The third-order valence-electron chi connectivity index (χ3n) is 2.98. The van der Waals surface area contributed by atoms with Gasteiger partial charge in [0.1, 0.15) is 18.1 Å². The molecular weight excluding hydrogens is 256 g/mol. The van der Waals surface area contributed by atoms with Crippen LogP contribution in [0.2, 0.25) is 0 Å². The Labute approximate surface area is 120 Å². The average Bonchev–Trinajstić information content (AvgIpc) is 2.49. The molecule has 0 aliphatic rings. The first-order valence-corrected chi connectivity index (χ1v) is 6.92. The van der Waals surface area contributed by atoms with E-state index in [2.05, 4.69) is 24.5 Å². The zero-order valence-electron chi connectivity index (χ0n) is 12.4. The Bertz CT molecular complexity index is 393. The molecule has 0 aliphatic carbocycles. The summed E-state index contributed by atoms with van der Waals surface area (Å²) in [5.41, 5.74) is 0. The molecule has 1 amide bonds. The quantitative estimate of drug-likeness (QED) is 0.674. The highest BCUT2D eigenvalue weighted by Crippen LogP contribution is 2.16. The molecule has 0 aliphatic heterocycles. The first-order chi connectivity index (χ1) is 9.65. The number of carbonyl (C=O) groups excluding carboxylic acids is 1. The van der Waals surface area contributed by atoms with Gasteiger partial charge >= 0.3 is 0 Å². The van der Waals surface area contributed by atoms with Crippen LogP contribution in [0.4, 0.5) is 0 Å². The number of hydrogen-bond acceptors (Lipinski definition) is 4. The van der Waals surface area contributed by atoms with Crippen molar-refractivity contribution in [3.8, 4) is 11.5 Å². The van der Waals surface area contributed by atoms with Crippen molar-refractivity contribution in [3.63, 3.8) is 0 Å². The minimum Gasteiger partial charge on any atom is -0.497 e. The van der Waals surface area contributed by atoms with E-state index in [0.717, 1.165) is 17.9 Å². The van der Waals surface area contributed by atoms with E-state index in [0.29, 0.717) is 25.7 Å². The first-order valence-electron chi connectivity index (χ1n) is 6.92. The van der Waals surface area contributed by atoms with Gasteiger partial charge in [0.2, 0.25) is 5.91 Å². The normalized spacial score (nSPS) is 11.8. The molecule has 0 bridgehead atoms. The topological polar surface area (TPSA) is 59.6 Å². The number of carbonyl (C=O) groups is 1. The van der Waals surface area contributed by atoms with Crippen LogP contribution in [0.5, 0.6) is 11.5 Å². The average molecular weight is 280 g/mol. The fourth-order valence-corrected chi connectivity index (χ4v) is 1.51. The number of methoxy groups -OCH3 is 1. The summed E-state index contributed by atoms with van der Waals surface area (Å²) in [6.45, 7) is 5.42. The highest BCUT2D eigenvalue weighted by Gasteiger charge is 2.03. The molecule has 0 radical (unpaired) electrons. The number of nitrogens with one attached hydrogen (secondary N) is 2. The van der Waals surface area contributed by atoms with E-state index in [4.69, 9.17) is 9.47 Å². The lowest BCUT2D eigenvalue weighted by molar-refractivity contribution is -0.120. The lowest BCUT2D eigenvalue weighted by atomic mass is 10.2. The van der Waals surface area contributed by atoms with Crippen molar-refractivity contribution in [2.24, 2.45) is 0 Å². The van der Waals surface area contributed by atoms with Crippen molar-refractivity contribution in [2.45, 2.75) is 26.3 Å². The van der Waals surface area contributed by atoms with Crippen LogP contribution < -0.4 is 20.1 Å². The zero-order chi connectivity index (χ0) is 14.8. The van der Waals surface area contributed by atoms with Crippen LogP contribution in [0.3, 0.4) is 0 Å². The minimum atomic E-state index is -0.0105. The molecular formula is C15H24N2O3. The third-order valence-corrected chi connectivity index (χ3v) is 2.98. The summed E-state index contributed by atoms with van der Waals surface area (Å²) < 4.78 is 10.6. The number of ether oxygens (including phenoxy) is 2. The predicted molar refractivity (Wildman–Crippen MR) is 79.3 cm³/mol. The van der Waals surface area contributed by atoms with E-state index >= 15 is 0 Å². The van der Waals surface area contributed by atoms with Crippen LogP contribution in [0.25, 0.3) is 0 Å². The molecule has 0 fully saturated rings. The van der Waals surface area contributed by atoms with E-state index in [1.807, 2.05) is 24.3 Å². The summed E-state index contributed by atoms with van der Waals surface area (Å²) in [4.78, 5) is 11.5. The van der Waals surface area contributed by atoms with E-state index in [9.17, 15) is 4.79 Å². The Morgan fingerprint density at radius 1 is 1.25 bits per heavy atom. The smallest absolute Gasteiger partial charge is 0.234 e. The molecule has 1 aromatic carbocycles. The van der Waals surface area contributed by atoms with Crippen LogP contribution in [-0.2, 0) is 4.79 Å². The standard InChI is InChI=1S/C15H24N2O3/c1-4-12(2)17-11-15(18)16-9-10-20-14-7-5-13(19-3)6-8-14/h5-8,12,17H,4,9-11H2,1-3H3,(H,16,18). The maximum Gasteiger partial charge on any atom is 0.234 e. The summed E-state index contributed by atoms with van der Waals surface area (Å²) in [7, 11) is 1.62. The van der Waals surface area contributed by atoms with Gasteiger partial charge in [0, 0.05) is 6.04 Å². The zero-order valence-corrected chi connectivity index (χ0v) is 12.4. The van der Waals surface area contributed by atoms with Crippen molar-refractivity contribution in [1.29, 1.82) is 0 Å². The molecule has 0 saturated heterocycles. The van der Waals surface area contributed by atoms with Gasteiger partial charge in [-0.25, -0.2) is 0 Å². The monoisotopic (exact) mass is 280 g/mol. The highest BCUT2D eigenvalue weighted by molar-refractivity contribution is 5.77. The molecule has 0 saturated carbocycles. The third kappa shape index (κ3) is 6.43. The van der Waals surface area contributed by atoms with Gasteiger partial charge in [-0.15, -0.1) is 0 Å². The van der Waals surface area contributed by atoms with Crippen LogP contribution in [0.1, 0.15) is 20.3 Å². The van der Waals surface area contributed by atoms with Gasteiger partial charge in [0.15, 0.2) is 0 Å². The second-order valence-corrected chi connectivity index (χ2v) is 4.56. The van der Waals surface area contributed by atoms with Gasteiger partial charge in [-0.2, -0.15) is 0 Å². The van der Waals surface area contributed by atoms with Crippen LogP contribution in [0.15, 0.2) is 24.3 Å². The fraction of sp³-hybridized carbons (Fsp3) is 0.533. The fourth-order valence-electron chi connectivity index (χ4n) is 1.51. The van der Waals surface area contributed by atoms with Crippen molar-refractivity contribution < 1.29 is 14.3 Å². The van der Waals surface area contributed by atoms with Crippen LogP contribution >= 0.6 is 0 Å². The Balaban J connectivity index is 2.13. The highest BCUT2D eigenvalue weighted by atomic mass is 16.5. The molecule has 1 aromatic rings. The van der Waals surface area contributed by atoms with Crippen molar-refractivity contribution in [3.05, 3.63) is 24.3 Å². The molecule has 5 heteroatoms. The summed E-state index contributed by atoms with van der Waals surface area (Å²) in [5.74, 6) is 1.54. The van der Waals surface area contributed by atoms with Gasteiger partial charge in [-0.3, -0.25) is 4.79 Å². The maximum absolute atomic E-state index is 11.5. The largest absolute Gasteiger partial charge is 0.497 e. The Morgan fingerprint density at radius 3 is 2.50 bits per heavy atom. The number of hydrogen-bond donors (Lipinski definition) is 2. The summed E-state index contributed by atoms with van der Waals surface area (Å²) in [6.07, 6.45) is 1.01. The molecule has 1 rings (SSSR count). The van der Waals surface area contributed by atoms with Gasteiger partial charge in [-0.1, -0.05) is 6.92 Å². The molecule has 0 heterocycles. The van der Waals surface area contributed by atoms with Crippen molar-refractivity contribution >= 4 is 5.91 Å². The second-order valence-electron chi connectivity index (χ2n) is 4.56. The number of rotatable bonds is 9. The van der Waals surface area contributed by atoms with Gasteiger partial charge in [-0.05, 0) is 37.6 Å². The molecule has 0 aromatic heterocycles. The SMILES string of the molecule is CCC(C)NCC(=O)NCCOc1ccc(OC)cc1. The number of benzene rings is 1. The van der Waals surface area contributed by atoms with Crippen molar-refractivity contribution in [1.82, 2.24) is 10.6 Å². The van der Waals surface area contributed by atoms with Gasteiger partial charge < -0.3 is 20.1 Å². The Kier molecular flexibility index (Phi) is 7.50. The predicted octanol–water partition coefficient (Wildman–Crippen LogP) is 1.58. The molecule has 0 spiro atoms. The molecule has 112 valence electrons. The Hall–Kier alpha value is -1.75. The van der Waals surface area contributed by atoms with E-state index in [1.165, 1.54) is 0 Å². The summed E-state index contributed by atoms with van der Waals surface area (Å²) >= 11 is 0. The summed E-state index contributed by atoms with van der Waals surface area (Å²) in [6, 6.07) is 7.71. The first kappa shape index (κ1) is 16.3. The van der Waals surface area contributed by atoms with Gasteiger partial charge in [0.05, 0.1) is 20.2 Å². The van der Waals surface area contributed by atoms with Crippen LogP contribution in [-0.4, -0.2) is 38.8 Å².